The second-order valence-corrected chi connectivity index (χ2v) is 5.31. The summed E-state index contributed by atoms with van der Waals surface area (Å²) in [6.45, 7) is 10.8. The SMILES string of the molecule is CCCOc1cccc(CCN=C(NCC)NC(C)C)c1.I. The third-order valence-electron chi connectivity index (χ3n) is 2.81. The maximum absolute atomic E-state index is 5.65. The van der Waals surface area contributed by atoms with Crippen LogP contribution in [0.1, 0.15) is 39.7 Å². The average molecular weight is 419 g/mol. The fraction of sp³-hybridized carbons (Fsp3) is 0.588. The van der Waals surface area contributed by atoms with Gasteiger partial charge in [0.1, 0.15) is 5.75 Å². The molecule has 0 heterocycles. The first kappa shape index (κ1) is 21.0. The normalized spacial score (nSPS) is 11.0. The van der Waals surface area contributed by atoms with Crippen molar-refractivity contribution in [1.29, 1.82) is 0 Å². The molecule has 0 saturated carbocycles. The second kappa shape index (κ2) is 12.6. The number of hydrogen-bond donors (Lipinski definition) is 2. The van der Waals surface area contributed by atoms with Crippen LogP contribution in [0, 0.1) is 0 Å². The molecule has 5 heteroatoms. The molecular formula is C17H30IN3O. The molecule has 0 bridgehead atoms. The Hall–Kier alpha value is -0.980. The van der Waals surface area contributed by atoms with Crippen molar-refractivity contribution in [3.05, 3.63) is 29.8 Å². The van der Waals surface area contributed by atoms with Gasteiger partial charge in [0, 0.05) is 19.1 Å². The maximum atomic E-state index is 5.65. The summed E-state index contributed by atoms with van der Waals surface area (Å²) in [5.74, 6) is 1.83. The zero-order valence-electron chi connectivity index (χ0n) is 14.2. The second-order valence-electron chi connectivity index (χ2n) is 5.31. The van der Waals surface area contributed by atoms with Crippen molar-refractivity contribution in [2.75, 3.05) is 19.7 Å². The molecular weight excluding hydrogens is 389 g/mol. The number of hydrogen-bond acceptors (Lipinski definition) is 2. The minimum Gasteiger partial charge on any atom is -0.494 e. The Labute approximate surface area is 152 Å². The van der Waals surface area contributed by atoms with Crippen LogP contribution in [0.25, 0.3) is 0 Å². The first-order valence-electron chi connectivity index (χ1n) is 7.92. The van der Waals surface area contributed by atoms with E-state index < -0.39 is 0 Å². The van der Waals surface area contributed by atoms with Crippen LogP contribution in [-0.4, -0.2) is 31.7 Å². The van der Waals surface area contributed by atoms with Crippen LogP contribution in [0.4, 0.5) is 0 Å². The lowest BCUT2D eigenvalue weighted by atomic mass is 10.1. The van der Waals surface area contributed by atoms with Crippen molar-refractivity contribution in [3.8, 4) is 5.75 Å². The van der Waals surface area contributed by atoms with E-state index in [-0.39, 0.29) is 24.0 Å². The summed E-state index contributed by atoms with van der Waals surface area (Å²) < 4.78 is 5.65. The van der Waals surface area contributed by atoms with E-state index in [1.165, 1.54) is 5.56 Å². The molecule has 0 unspecified atom stereocenters. The van der Waals surface area contributed by atoms with Crippen LogP contribution in [0.15, 0.2) is 29.3 Å². The van der Waals surface area contributed by atoms with E-state index in [0.29, 0.717) is 6.04 Å². The van der Waals surface area contributed by atoms with E-state index in [4.69, 9.17) is 4.74 Å². The quantitative estimate of drug-likeness (QED) is 0.385. The van der Waals surface area contributed by atoms with Crippen molar-refractivity contribution in [3.63, 3.8) is 0 Å². The molecule has 126 valence electrons. The summed E-state index contributed by atoms with van der Waals surface area (Å²) in [4.78, 5) is 4.59. The number of halogens is 1. The lowest BCUT2D eigenvalue weighted by Crippen LogP contribution is -2.41. The highest BCUT2D eigenvalue weighted by Gasteiger charge is 2.00. The Morgan fingerprint density at radius 1 is 1.27 bits per heavy atom. The van der Waals surface area contributed by atoms with Gasteiger partial charge in [-0.05, 0) is 51.3 Å². The van der Waals surface area contributed by atoms with Gasteiger partial charge < -0.3 is 15.4 Å². The van der Waals surface area contributed by atoms with Gasteiger partial charge in [-0.15, -0.1) is 24.0 Å². The van der Waals surface area contributed by atoms with Crippen LogP contribution in [0.2, 0.25) is 0 Å². The molecule has 0 saturated heterocycles. The van der Waals surface area contributed by atoms with E-state index >= 15 is 0 Å². The van der Waals surface area contributed by atoms with E-state index in [2.05, 4.69) is 55.5 Å². The Kier molecular flexibility index (Phi) is 12.0. The van der Waals surface area contributed by atoms with Crippen LogP contribution in [0.3, 0.4) is 0 Å². The van der Waals surface area contributed by atoms with Gasteiger partial charge in [-0.25, -0.2) is 0 Å². The van der Waals surface area contributed by atoms with Gasteiger partial charge in [0.25, 0.3) is 0 Å². The Morgan fingerprint density at radius 3 is 2.68 bits per heavy atom. The average Bonchev–Trinajstić information content (AvgIpc) is 2.45. The molecule has 1 aromatic carbocycles. The summed E-state index contributed by atoms with van der Waals surface area (Å²) in [7, 11) is 0. The van der Waals surface area contributed by atoms with Crippen LogP contribution < -0.4 is 15.4 Å². The van der Waals surface area contributed by atoms with Gasteiger partial charge in [0.05, 0.1) is 6.61 Å². The van der Waals surface area contributed by atoms with Crippen LogP contribution >= 0.6 is 24.0 Å². The van der Waals surface area contributed by atoms with Crippen molar-refractivity contribution < 1.29 is 4.74 Å². The third kappa shape index (κ3) is 9.12. The first-order chi connectivity index (χ1) is 10.2. The lowest BCUT2D eigenvalue weighted by Gasteiger charge is -2.14. The fourth-order valence-corrected chi connectivity index (χ4v) is 1.90. The van der Waals surface area contributed by atoms with Gasteiger partial charge in [-0.3, -0.25) is 4.99 Å². The van der Waals surface area contributed by atoms with Crippen molar-refractivity contribution >= 4 is 29.9 Å². The van der Waals surface area contributed by atoms with E-state index in [1.807, 2.05) is 12.1 Å². The van der Waals surface area contributed by atoms with E-state index in [1.54, 1.807) is 0 Å². The van der Waals surface area contributed by atoms with Gasteiger partial charge in [0.2, 0.25) is 0 Å². The summed E-state index contributed by atoms with van der Waals surface area (Å²) in [6, 6.07) is 8.66. The topological polar surface area (TPSA) is 45.6 Å². The number of nitrogens with one attached hydrogen (secondary N) is 2. The molecule has 0 aromatic heterocycles. The molecule has 0 fully saturated rings. The monoisotopic (exact) mass is 419 g/mol. The van der Waals surface area contributed by atoms with Crippen LogP contribution in [0.5, 0.6) is 5.75 Å². The summed E-state index contributed by atoms with van der Waals surface area (Å²) in [6.07, 6.45) is 1.94. The molecule has 2 N–H and O–H groups in total. The highest BCUT2D eigenvalue weighted by molar-refractivity contribution is 14.0. The summed E-state index contributed by atoms with van der Waals surface area (Å²) >= 11 is 0. The number of nitrogens with zero attached hydrogens (tertiary/aromatic N) is 1. The van der Waals surface area contributed by atoms with Gasteiger partial charge in [-0.2, -0.15) is 0 Å². The van der Waals surface area contributed by atoms with Crippen LogP contribution in [-0.2, 0) is 6.42 Å². The molecule has 0 aliphatic heterocycles. The molecule has 1 aromatic rings. The van der Waals surface area contributed by atoms with E-state index in [9.17, 15) is 0 Å². The number of benzene rings is 1. The minimum atomic E-state index is 0. The Bertz CT molecular complexity index is 436. The number of ether oxygens (including phenoxy) is 1. The summed E-state index contributed by atoms with van der Waals surface area (Å²) in [5.41, 5.74) is 1.26. The predicted molar refractivity (Wildman–Crippen MR) is 106 cm³/mol. The van der Waals surface area contributed by atoms with Gasteiger partial charge in [-0.1, -0.05) is 19.1 Å². The molecule has 0 aliphatic rings. The maximum Gasteiger partial charge on any atom is 0.191 e. The lowest BCUT2D eigenvalue weighted by molar-refractivity contribution is 0.317. The fourth-order valence-electron chi connectivity index (χ4n) is 1.90. The largest absolute Gasteiger partial charge is 0.494 e. The summed E-state index contributed by atoms with van der Waals surface area (Å²) in [5, 5.41) is 6.57. The highest BCUT2D eigenvalue weighted by atomic mass is 127. The molecule has 0 atom stereocenters. The minimum absolute atomic E-state index is 0. The third-order valence-corrected chi connectivity index (χ3v) is 2.81. The molecule has 1 rings (SSSR count). The molecule has 0 aliphatic carbocycles. The smallest absolute Gasteiger partial charge is 0.191 e. The first-order valence-corrected chi connectivity index (χ1v) is 7.92. The zero-order valence-corrected chi connectivity index (χ0v) is 16.5. The molecule has 0 radical (unpaired) electrons. The number of guanidine groups is 1. The molecule has 0 spiro atoms. The van der Waals surface area contributed by atoms with Gasteiger partial charge in [0.15, 0.2) is 5.96 Å². The molecule has 22 heavy (non-hydrogen) atoms. The zero-order chi connectivity index (χ0) is 15.5. The highest BCUT2D eigenvalue weighted by Crippen LogP contribution is 2.14. The van der Waals surface area contributed by atoms with Gasteiger partial charge >= 0.3 is 0 Å². The predicted octanol–water partition coefficient (Wildman–Crippen LogP) is 3.60. The molecule has 0 amide bonds. The number of aliphatic imine (C=N–C) groups is 1. The Morgan fingerprint density at radius 2 is 2.05 bits per heavy atom. The Balaban J connectivity index is 0.00000441. The van der Waals surface area contributed by atoms with Crippen molar-refractivity contribution in [2.24, 2.45) is 4.99 Å². The van der Waals surface area contributed by atoms with Crippen molar-refractivity contribution in [2.45, 2.75) is 46.6 Å². The molecule has 4 nitrogen and oxygen atoms in total. The van der Waals surface area contributed by atoms with Crippen molar-refractivity contribution in [1.82, 2.24) is 10.6 Å². The number of rotatable bonds is 8. The standard InChI is InChI=1S/C17H29N3O.HI/c1-5-12-21-16-9-7-8-15(13-16)10-11-19-17(18-6-2)20-14(3)4;/h7-9,13-14H,5-6,10-12H2,1-4H3,(H2,18,19,20);1H. The van der Waals surface area contributed by atoms with E-state index in [0.717, 1.165) is 44.2 Å².